The SMILES string of the molecule is CCN1C(=O)C(CC(=O)Nc2ccccc2)SC1=NS(=O)(=O)c1ccc(C)cc1. The maximum Gasteiger partial charge on any atom is 0.284 e. The van der Waals surface area contributed by atoms with Crippen molar-refractivity contribution < 1.29 is 18.0 Å². The number of nitrogens with zero attached hydrogens (tertiary/aromatic N) is 2. The number of rotatable bonds is 6. The van der Waals surface area contributed by atoms with E-state index < -0.39 is 15.3 Å². The van der Waals surface area contributed by atoms with Crippen LogP contribution in [-0.2, 0) is 19.6 Å². The Balaban J connectivity index is 1.77. The highest BCUT2D eigenvalue weighted by Gasteiger charge is 2.39. The molecule has 1 aliphatic rings. The lowest BCUT2D eigenvalue weighted by Crippen LogP contribution is -2.33. The Labute approximate surface area is 174 Å². The minimum Gasteiger partial charge on any atom is -0.326 e. The zero-order valence-electron chi connectivity index (χ0n) is 16.0. The molecule has 0 radical (unpaired) electrons. The Morgan fingerprint density at radius 1 is 1.14 bits per heavy atom. The van der Waals surface area contributed by atoms with Crippen molar-refractivity contribution >= 4 is 44.5 Å². The van der Waals surface area contributed by atoms with Crippen LogP contribution in [0.4, 0.5) is 5.69 Å². The summed E-state index contributed by atoms with van der Waals surface area (Å²) < 4.78 is 29.1. The summed E-state index contributed by atoms with van der Waals surface area (Å²) in [5.41, 5.74) is 1.57. The lowest BCUT2D eigenvalue weighted by atomic mass is 10.2. The number of hydrogen-bond donors (Lipinski definition) is 1. The molecule has 9 heteroatoms. The molecule has 2 aromatic rings. The monoisotopic (exact) mass is 431 g/mol. The zero-order valence-corrected chi connectivity index (χ0v) is 17.7. The molecule has 1 aliphatic heterocycles. The summed E-state index contributed by atoms with van der Waals surface area (Å²) in [5.74, 6) is -0.640. The van der Waals surface area contributed by atoms with Crippen LogP contribution >= 0.6 is 11.8 Å². The first-order chi connectivity index (χ1) is 13.8. The molecule has 1 saturated heterocycles. The molecule has 0 bridgehead atoms. The number of nitrogens with one attached hydrogen (secondary N) is 1. The van der Waals surface area contributed by atoms with Gasteiger partial charge in [0.2, 0.25) is 11.8 Å². The fourth-order valence-corrected chi connectivity index (χ4v) is 5.19. The van der Waals surface area contributed by atoms with E-state index in [0.717, 1.165) is 17.3 Å². The quantitative estimate of drug-likeness (QED) is 0.758. The molecule has 1 atom stereocenters. The van der Waals surface area contributed by atoms with Crippen LogP contribution in [0, 0.1) is 6.92 Å². The predicted octanol–water partition coefficient (Wildman–Crippen LogP) is 3.03. The van der Waals surface area contributed by atoms with Crippen molar-refractivity contribution in [2.45, 2.75) is 30.4 Å². The van der Waals surface area contributed by atoms with Crippen molar-refractivity contribution in [1.82, 2.24) is 4.90 Å². The molecule has 0 saturated carbocycles. The second-order valence-corrected chi connectivity index (χ2v) is 9.24. The molecule has 1 heterocycles. The van der Waals surface area contributed by atoms with Gasteiger partial charge in [0.25, 0.3) is 10.0 Å². The van der Waals surface area contributed by atoms with E-state index in [1.54, 1.807) is 43.3 Å². The van der Waals surface area contributed by atoms with Crippen LogP contribution in [0.2, 0.25) is 0 Å². The molecule has 29 heavy (non-hydrogen) atoms. The van der Waals surface area contributed by atoms with Gasteiger partial charge in [0.15, 0.2) is 5.17 Å². The Hall–Kier alpha value is -2.65. The first-order valence-electron chi connectivity index (χ1n) is 9.04. The van der Waals surface area contributed by atoms with Crippen LogP contribution in [-0.4, -0.2) is 42.1 Å². The number of carbonyl (C=O) groups excluding carboxylic acids is 2. The number of aryl methyl sites for hydroxylation is 1. The first kappa shape index (κ1) is 21.1. The average molecular weight is 432 g/mol. The predicted molar refractivity (Wildman–Crippen MR) is 114 cm³/mol. The highest BCUT2D eigenvalue weighted by Crippen LogP contribution is 2.31. The number of benzene rings is 2. The maximum atomic E-state index is 12.7. The second kappa shape index (κ2) is 8.79. The lowest BCUT2D eigenvalue weighted by molar-refractivity contribution is -0.128. The Kier molecular flexibility index (Phi) is 6.39. The van der Waals surface area contributed by atoms with E-state index in [2.05, 4.69) is 9.71 Å². The topological polar surface area (TPSA) is 95.9 Å². The van der Waals surface area contributed by atoms with Crippen LogP contribution in [0.25, 0.3) is 0 Å². The molecule has 1 unspecified atom stereocenters. The number of hydrogen-bond acceptors (Lipinski definition) is 5. The smallest absolute Gasteiger partial charge is 0.284 e. The van der Waals surface area contributed by atoms with E-state index in [1.807, 2.05) is 13.0 Å². The first-order valence-corrected chi connectivity index (χ1v) is 11.4. The number of amidine groups is 1. The van der Waals surface area contributed by atoms with Gasteiger partial charge in [0.1, 0.15) is 5.25 Å². The summed E-state index contributed by atoms with van der Waals surface area (Å²) in [6.07, 6.45) is -0.0709. The Morgan fingerprint density at radius 3 is 2.41 bits per heavy atom. The molecular weight excluding hydrogens is 410 g/mol. The van der Waals surface area contributed by atoms with Crippen molar-refractivity contribution in [3.63, 3.8) is 0 Å². The molecule has 3 rings (SSSR count). The van der Waals surface area contributed by atoms with Crippen molar-refractivity contribution in [3.8, 4) is 0 Å². The van der Waals surface area contributed by atoms with Crippen molar-refractivity contribution in [2.24, 2.45) is 4.40 Å². The molecule has 0 spiro atoms. The summed E-state index contributed by atoms with van der Waals surface area (Å²) in [6, 6.07) is 15.3. The minimum atomic E-state index is -3.95. The zero-order chi connectivity index (χ0) is 21.0. The third kappa shape index (κ3) is 5.04. The Morgan fingerprint density at radius 2 is 1.79 bits per heavy atom. The summed E-state index contributed by atoms with van der Waals surface area (Å²) in [4.78, 5) is 26.3. The van der Waals surface area contributed by atoms with Crippen molar-refractivity contribution in [1.29, 1.82) is 0 Å². The normalized spacial score (nSPS) is 18.3. The number of thioether (sulfide) groups is 1. The second-order valence-electron chi connectivity index (χ2n) is 6.47. The van der Waals surface area contributed by atoms with Crippen molar-refractivity contribution in [3.05, 3.63) is 60.2 Å². The van der Waals surface area contributed by atoms with Crippen LogP contribution in [0.5, 0.6) is 0 Å². The van der Waals surface area contributed by atoms with Crippen LogP contribution in [0.15, 0.2) is 63.9 Å². The lowest BCUT2D eigenvalue weighted by Gasteiger charge is -2.13. The van der Waals surface area contributed by atoms with Gasteiger partial charge in [0.05, 0.1) is 4.90 Å². The van der Waals surface area contributed by atoms with Gasteiger partial charge < -0.3 is 5.32 Å². The molecule has 2 aromatic carbocycles. The summed E-state index contributed by atoms with van der Waals surface area (Å²) in [6.45, 7) is 3.86. The largest absolute Gasteiger partial charge is 0.326 e. The molecule has 1 fully saturated rings. The van der Waals surface area contributed by atoms with Gasteiger partial charge in [-0.1, -0.05) is 47.7 Å². The standard InChI is InChI=1S/C20H21N3O4S2/c1-3-23-19(25)17(13-18(24)21-15-7-5-4-6-8-15)28-20(23)22-29(26,27)16-11-9-14(2)10-12-16/h4-12,17H,3,13H2,1-2H3,(H,21,24). The van der Waals surface area contributed by atoms with E-state index in [0.29, 0.717) is 5.69 Å². The molecular formula is C20H21N3O4S2. The molecule has 7 nitrogen and oxygen atoms in total. The number of anilines is 1. The van der Waals surface area contributed by atoms with Gasteiger partial charge >= 0.3 is 0 Å². The summed E-state index contributed by atoms with van der Waals surface area (Å²) in [7, 11) is -3.95. The molecule has 0 aromatic heterocycles. The van der Waals surface area contributed by atoms with E-state index in [1.165, 1.54) is 17.0 Å². The average Bonchev–Trinajstić information content (AvgIpc) is 2.96. The number of para-hydroxylation sites is 1. The summed E-state index contributed by atoms with van der Waals surface area (Å²) in [5, 5.41) is 2.11. The van der Waals surface area contributed by atoms with E-state index >= 15 is 0 Å². The van der Waals surface area contributed by atoms with E-state index in [9.17, 15) is 18.0 Å². The van der Waals surface area contributed by atoms with Crippen molar-refractivity contribution in [2.75, 3.05) is 11.9 Å². The number of amides is 2. The number of carbonyl (C=O) groups is 2. The third-order valence-electron chi connectivity index (χ3n) is 4.28. The molecule has 0 aliphatic carbocycles. The Bertz CT molecular complexity index is 1040. The van der Waals surface area contributed by atoms with Crippen LogP contribution < -0.4 is 5.32 Å². The van der Waals surface area contributed by atoms with Gasteiger partial charge in [-0.25, -0.2) is 0 Å². The molecule has 152 valence electrons. The van der Waals surface area contributed by atoms with Gasteiger partial charge in [0, 0.05) is 18.7 Å². The number of sulfonamides is 1. The highest BCUT2D eigenvalue weighted by atomic mass is 32.2. The van der Waals surface area contributed by atoms with Gasteiger partial charge in [-0.15, -0.1) is 4.40 Å². The van der Waals surface area contributed by atoms with E-state index in [4.69, 9.17) is 0 Å². The molecule has 2 amide bonds. The van der Waals surface area contributed by atoms with Crippen LogP contribution in [0.1, 0.15) is 18.9 Å². The van der Waals surface area contributed by atoms with Gasteiger partial charge in [-0.2, -0.15) is 8.42 Å². The van der Waals surface area contributed by atoms with Crippen LogP contribution in [0.3, 0.4) is 0 Å². The minimum absolute atomic E-state index is 0.0602. The van der Waals surface area contributed by atoms with E-state index in [-0.39, 0.29) is 34.8 Å². The fraction of sp³-hybridized carbons (Fsp3) is 0.250. The molecule has 1 N–H and O–H groups in total. The fourth-order valence-electron chi connectivity index (χ4n) is 2.77. The van der Waals surface area contributed by atoms with Gasteiger partial charge in [-0.05, 0) is 38.1 Å². The maximum absolute atomic E-state index is 12.7. The third-order valence-corrected chi connectivity index (χ3v) is 6.85. The van der Waals surface area contributed by atoms with Gasteiger partial charge in [-0.3, -0.25) is 14.5 Å². The highest BCUT2D eigenvalue weighted by molar-refractivity contribution is 8.16. The summed E-state index contributed by atoms with van der Waals surface area (Å²) >= 11 is 1.00.